The van der Waals surface area contributed by atoms with Crippen LogP contribution >= 0.6 is 0 Å². The topological polar surface area (TPSA) is 78.9 Å². The standard InChI is InChI=1S/C19H20O6/c1-9-5-13-7-12(19(22)23-13)8-15-16(10(2)17(20)24-15)14(6-9)25-18(21)11-3-4-11/h6-7,11,13-16H,2-5,8H2,1H3/b9-6+/t13-,14?,15?,16+/m1/s1. The Balaban J connectivity index is 1.68. The number of carbonyl (C=O) groups is 3. The molecule has 0 aromatic rings. The zero-order valence-corrected chi connectivity index (χ0v) is 14.0. The first-order valence-corrected chi connectivity index (χ1v) is 8.61. The van der Waals surface area contributed by atoms with E-state index in [9.17, 15) is 14.4 Å². The van der Waals surface area contributed by atoms with E-state index in [2.05, 4.69) is 6.58 Å². The van der Waals surface area contributed by atoms with E-state index < -0.39 is 24.1 Å². The SMILES string of the molecule is C=C1C(=O)OC2CC3=C[C@@H](C/C(C)=C/C(OC(=O)C4CC4)[C@H]12)OC3=O. The molecule has 0 radical (unpaired) electrons. The van der Waals surface area contributed by atoms with Gasteiger partial charge in [-0.1, -0.05) is 12.2 Å². The van der Waals surface area contributed by atoms with Crippen molar-refractivity contribution in [3.63, 3.8) is 0 Å². The highest BCUT2D eigenvalue weighted by molar-refractivity contribution is 5.93. The van der Waals surface area contributed by atoms with Crippen molar-refractivity contribution in [2.45, 2.75) is 50.9 Å². The lowest BCUT2D eigenvalue weighted by atomic mass is 9.85. The molecule has 0 aromatic carbocycles. The Kier molecular flexibility index (Phi) is 3.78. The van der Waals surface area contributed by atoms with Crippen molar-refractivity contribution in [3.05, 3.63) is 35.5 Å². The lowest BCUT2D eigenvalue weighted by Crippen LogP contribution is -2.33. The first-order valence-electron chi connectivity index (χ1n) is 8.61. The van der Waals surface area contributed by atoms with E-state index in [4.69, 9.17) is 14.2 Å². The fourth-order valence-corrected chi connectivity index (χ4v) is 3.66. The number of rotatable bonds is 2. The van der Waals surface area contributed by atoms with Crippen LogP contribution in [-0.4, -0.2) is 36.2 Å². The lowest BCUT2D eigenvalue weighted by molar-refractivity contribution is -0.151. The molecular formula is C19H20O6. The minimum Gasteiger partial charge on any atom is -0.458 e. The Morgan fingerprint density at radius 2 is 1.92 bits per heavy atom. The number of carbonyl (C=O) groups excluding carboxylic acids is 3. The summed E-state index contributed by atoms with van der Waals surface area (Å²) in [6.07, 6.45) is 4.57. The molecule has 2 aliphatic carbocycles. The fourth-order valence-electron chi connectivity index (χ4n) is 3.66. The number of fused-ring (bicyclic) bond motifs is 2. The maximum Gasteiger partial charge on any atom is 0.334 e. The average molecular weight is 344 g/mol. The third kappa shape index (κ3) is 3.01. The summed E-state index contributed by atoms with van der Waals surface area (Å²) < 4.78 is 16.5. The van der Waals surface area contributed by atoms with Crippen LogP contribution < -0.4 is 0 Å². The third-order valence-electron chi connectivity index (χ3n) is 5.14. The van der Waals surface area contributed by atoms with Crippen LogP contribution in [0.4, 0.5) is 0 Å². The molecule has 6 nitrogen and oxygen atoms in total. The Labute approximate surface area is 145 Å². The molecule has 2 aliphatic heterocycles. The van der Waals surface area contributed by atoms with Gasteiger partial charge < -0.3 is 14.2 Å². The van der Waals surface area contributed by atoms with Gasteiger partial charge in [-0.2, -0.15) is 0 Å². The molecule has 132 valence electrons. The molecule has 1 saturated carbocycles. The van der Waals surface area contributed by atoms with E-state index in [-0.39, 0.29) is 36.0 Å². The van der Waals surface area contributed by atoms with Crippen molar-refractivity contribution in [1.82, 2.24) is 0 Å². The Morgan fingerprint density at radius 3 is 2.64 bits per heavy atom. The van der Waals surface area contributed by atoms with E-state index in [1.807, 2.05) is 13.0 Å². The maximum atomic E-state index is 12.2. The van der Waals surface area contributed by atoms with Crippen molar-refractivity contribution in [3.8, 4) is 0 Å². The molecule has 4 atom stereocenters. The molecule has 0 spiro atoms. The van der Waals surface area contributed by atoms with E-state index in [1.165, 1.54) is 0 Å². The highest BCUT2D eigenvalue weighted by Crippen LogP contribution is 2.39. The molecule has 25 heavy (non-hydrogen) atoms. The second kappa shape index (κ2) is 5.86. The summed E-state index contributed by atoms with van der Waals surface area (Å²) in [5, 5.41) is 0. The van der Waals surface area contributed by atoms with Gasteiger partial charge in [-0.25, -0.2) is 9.59 Å². The molecule has 1 saturated heterocycles. The van der Waals surface area contributed by atoms with Crippen LogP contribution in [0.3, 0.4) is 0 Å². The van der Waals surface area contributed by atoms with Crippen LogP contribution in [0.1, 0.15) is 32.6 Å². The number of hydrogen-bond acceptors (Lipinski definition) is 6. The Bertz CT molecular complexity index is 726. The van der Waals surface area contributed by atoms with Gasteiger partial charge in [0.05, 0.1) is 11.8 Å². The summed E-state index contributed by atoms with van der Waals surface area (Å²) in [7, 11) is 0. The van der Waals surface area contributed by atoms with Gasteiger partial charge in [0, 0.05) is 24.0 Å². The van der Waals surface area contributed by atoms with Gasteiger partial charge in [0.15, 0.2) is 0 Å². The smallest absolute Gasteiger partial charge is 0.334 e. The molecule has 4 aliphatic rings. The van der Waals surface area contributed by atoms with E-state index in [0.717, 1.165) is 18.4 Å². The highest BCUT2D eigenvalue weighted by atomic mass is 16.6. The molecule has 2 fully saturated rings. The first-order chi connectivity index (χ1) is 11.9. The van der Waals surface area contributed by atoms with Gasteiger partial charge in [-0.15, -0.1) is 0 Å². The summed E-state index contributed by atoms with van der Waals surface area (Å²) in [4.78, 5) is 36.3. The van der Waals surface area contributed by atoms with Crippen LogP contribution in [0.2, 0.25) is 0 Å². The Hall–Kier alpha value is -2.37. The Morgan fingerprint density at radius 1 is 1.16 bits per heavy atom. The average Bonchev–Trinajstić information content (AvgIpc) is 3.28. The molecule has 0 aromatic heterocycles. The monoisotopic (exact) mass is 344 g/mol. The van der Waals surface area contributed by atoms with Gasteiger partial charge in [-0.05, 0) is 31.9 Å². The van der Waals surface area contributed by atoms with Crippen molar-refractivity contribution in [2.75, 3.05) is 0 Å². The largest absolute Gasteiger partial charge is 0.458 e. The van der Waals surface area contributed by atoms with Crippen molar-refractivity contribution in [2.24, 2.45) is 11.8 Å². The van der Waals surface area contributed by atoms with Crippen LogP contribution in [-0.2, 0) is 28.6 Å². The molecule has 2 bridgehead atoms. The second-order valence-corrected chi connectivity index (χ2v) is 7.23. The molecule has 2 heterocycles. The first kappa shape index (κ1) is 16.1. The van der Waals surface area contributed by atoms with E-state index in [0.29, 0.717) is 12.0 Å². The maximum absolute atomic E-state index is 12.2. The zero-order valence-electron chi connectivity index (χ0n) is 14.0. The van der Waals surface area contributed by atoms with Crippen LogP contribution in [0.25, 0.3) is 0 Å². The van der Waals surface area contributed by atoms with Gasteiger partial charge in [0.1, 0.15) is 18.3 Å². The normalized spacial score (nSPS) is 36.6. The predicted octanol–water partition coefficient (Wildman–Crippen LogP) is 2.00. The molecule has 0 N–H and O–H groups in total. The summed E-state index contributed by atoms with van der Waals surface area (Å²) >= 11 is 0. The quantitative estimate of drug-likeness (QED) is 0.330. The minimum absolute atomic E-state index is 0.0438. The molecule has 6 heteroatoms. The second-order valence-electron chi connectivity index (χ2n) is 7.23. The van der Waals surface area contributed by atoms with Gasteiger partial charge in [-0.3, -0.25) is 4.79 Å². The summed E-state index contributed by atoms with van der Waals surface area (Å²) in [5.41, 5.74) is 1.72. The zero-order chi connectivity index (χ0) is 17.7. The van der Waals surface area contributed by atoms with Crippen molar-refractivity contribution < 1.29 is 28.6 Å². The number of esters is 3. The predicted molar refractivity (Wildman–Crippen MR) is 86.1 cm³/mol. The van der Waals surface area contributed by atoms with Crippen molar-refractivity contribution in [1.29, 1.82) is 0 Å². The van der Waals surface area contributed by atoms with Crippen LogP contribution in [0.15, 0.2) is 35.5 Å². The third-order valence-corrected chi connectivity index (χ3v) is 5.14. The summed E-state index contributed by atoms with van der Waals surface area (Å²) in [6, 6.07) is 0. The van der Waals surface area contributed by atoms with Crippen molar-refractivity contribution >= 4 is 17.9 Å². The molecule has 2 unspecified atom stereocenters. The van der Waals surface area contributed by atoms with Gasteiger partial charge in [0.2, 0.25) is 0 Å². The van der Waals surface area contributed by atoms with E-state index >= 15 is 0 Å². The molecule has 0 amide bonds. The van der Waals surface area contributed by atoms with Gasteiger partial charge >= 0.3 is 17.9 Å². The number of ether oxygens (including phenoxy) is 3. The van der Waals surface area contributed by atoms with Crippen LogP contribution in [0, 0.1) is 11.8 Å². The lowest BCUT2D eigenvalue weighted by Gasteiger charge is -2.26. The highest BCUT2D eigenvalue weighted by Gasteiger charge is 2.47. The fraction of sp³-hybridized carbons (Fsp3) is 0.526. The number of hydrogen-bond donors (Lipinski definition) is 0. The molecule has 4 rings (SSSR count). The minimum atomic E-state index is -0.620. The van der Waals surface area contributed by atoms with Crippen LogP contribution in [0.5, 0.6) is 0 Å². The molecular weight excluding hydrogens is 324 g/mol. The summed E-state index contributed by atoms with van der Waals surface area (Å²) in [6.45, 7) is 5.74. The van der Waals surface area contributed by atoms with Gasteiger partial charge in [0.25, 0.3) is 0 Å². The summed E-state index contributed by atoms with van der Waals surface area (Å²) in [5.74, 6) is -1.66. The van der Waals surface area contributed by atoms with E-state index in [1.54, 1.807) is 6.08 Å².